The zero-order chi connectivity index (χ0) is 19.3. The number of primary sulfonamides is 1. The zero-order valence-corrected chi connectivity index (χ0v) is 16.0. The molecule has 0 aliphatic rings. The minimum absolute atomic E-state index is 0.0161. The number of rotatable bonds is 7. The van der Waals surface area contributed by atoms with E-state index >= 15 is 0 Å². The lowest BCUT2D eigenvalue weighted by atomic mass is 10.1. The van der Waals surface area contributed by atoms with Crippen molar-refractivity contribution in [1.82, 2.24) is 0 Å². The van der Waals surface area contributed by atoms with Gasteiger partial charge in [-0.3, -0.25) is 4.79 Å². The Morgan fingerprint density at radius 1 is 1.19 bits per heavy atom. The molecule has 0 saturated heterocycles. The Kier molecular flexibility index (Phi) is 6.39. The Morgan fingerprint density at radius 3 is 2.54 bits per heavy atom. The van der Waals surface area contributed by atoms with Crippen molar-refractivity contribution in [1.29, 1.82) is 0 Å². The van der Waals surface area contributed by atoms with Crippen LogP contribution in [0.15, 0.2) is 41.3 Å². The number of ether oxygens (including phenoxy) is 1. The highest BCUT2D eigenvalue weighted by Crippen LogP contribution is 2.24. The number of nitrogens with two attached hydrogens (primary N) is 1. The molecule has 0 unspecified atom stereocenters. The molecule has 140 valence electrons. The van der Waals surface area contributed by atoms with Crippen LogP contribution >= 0.6 is 0 Å². The molecule has 3 N–H and O–H groups in total. The zero-order valence-electron chi connectivity index (χ0n) is 15.2. The van der Waals surface area contributed by atoms with Crippen LogP contribution in [0.2, 0.25) is 0 Å². The second-order valence-corrected chi connectivity index (χ2v) is 7.61. The highest BCUT2D eigenvalue weighted by Gasteiger charge is 2.14. The van der Waals surface area contributed by atoms with E-state index < -0.39 is 10.0 Å². The maximum atomic E-state index is 12.3. The number of para-hydroxylation sites is 1. The first-order valence-electron chi connectivity index (χ1n) is 8.37. The number of sulfonamides is 1. The van der Waals surface area contributed by atoms with Gasteiger partial charge in [-0.25, -0.2) is 13.6 Å². The second kappa shape index (κ2) is 8.33. The molecule has 0 spiro atoms. The van der Waals surface area contributed by atoms with Crippen LogP contribution in [0.5, 0.6) is 5.75 Å². The van der Waals surface area contributed by atoms with Crippen LogP contribution in [0.3, 0.4) is 0 Å². The summed E-state index contributed by atoms with van der Waals surface area (Å²) in [5, 5.41) is 7.99. The van der Waals surface area contributed by atoms with E-state index in [1.807, 2.05) is 38.1 Å². The highest BCUT2D eigenvalue weighted by molar-refractivity contribution is 7.89. The highest BCUT2D eigenvalue weighted by atomic mass is 32.2. The molecule has 0 saturated carbocycles. The van der Waals surface area contributed by atoms with E-state index in [1.54, 1.807) is 6.92 Å². The first kappa shape index (κ1) is 19.9. The van der Waals surface area contributed by atoms with E-state index in [0.29, 0.717) is 18.7 Å². The van der Waals surface area contributed by atoms with Crippen molar-refractivity contribution >= 4 is 21.6 Å². The fraction of sp³-hybridized carbons (Fsp3) is 0.316. The largest absolute Gasteiger partial charge is 0.494 e. The van der Waals surface area contributed by atoms with Gasteiger partial charge in [0.1, 0.15) is 5.75 Å². The lowest BCUT2D eigenvalue weighted by molar-refractivity contribution is -0.116. The second-order valence-electron chi connectivity index (χ2n) is 6.05. The van der Waals surface area contributed by atoms with E-state index in [2.05, 4.69) is 5.32 Å². The van der Waals surface area contributed by atoms with Crippen LogP contribution in [0.4, 0.5) is 5.69 Å². The first-order chi connectivity index (χ1) is 12.2. The molecule has 0 heterocycles. The van der Waals surface area contributed by atoms with Crippen LogP contribution in [-0.2, 0) is 21.2 Å². The number of benzene rings is 2. The van der Waals surface area contributed by atoms with E-state index in [0.717, 1.165) is 22.4 Å². The van der Waals surface area contributed by atoms with Crippen molar-refractivity contribution in [3.8, 4) is 5.75 Å². The van der Waals surface area contributed by atoms with Gasteiger partial charge in [0.15, 0.2) is 0 Å². The van der Waals surface area contributed by atoms with Gasteiger partial charge in [-0.1, -0.05) is 18.2 Å². The number of aryl methyl sites for hydroxylation is 2. The number of hydrogen-bond acceptors (Lipinski definition) is 4. The monoisotopic (exact) mass is 376 g/mol. The van der Waals surface area contributed by atoms with Gasteiger partial charge in [-0.05, 0) is 62.1 Å². The molecular formula is C19H24N2O4S. The van der Waals surface area contributed by atoms with E-state index in [1.165, 1.54) is 12.1 Å². The third kappa shape index (κ3) is 5.06. The predicted octanol–water partition coefficient (Wildman–Crippen LogP) is 2.92. The molecule has 0 fully saturated rings. The lowest BCUT2D eigenvalue weighted by Gasteiger charge is -2.13. The van der Waals surface area contributed by atoms with E-state index in [4.69, 9.17) is 9.88 Å². The molecule has 1 amide bonds. The quantitative estimate of drug-likeness (QED) is 0.776. The minimum atomic E-state index is -3.84. The molecule has 0 radical (unpaired) electrons. The number of nitrogens with one attached hydrogen (secondary N) is 1. The standard InChI is InChI=1S/C19H24N2O4S/c1-4-25-18-8-6-5-7-15(18)9-10-19(22)21-17-12-16(26(20,23)24)11-13(2)14(17)3/h5-8,11-12H,4,9-10H2,1-3H3,(H,21,22)(H2,20,23,24). The van der Waals surface area contributed by atoms with Crippen LogP contribution < -0.4 is 15.2 Å². The van der Waals surface area contributed by atoms with Crippen molar-refractivity contribution in [2.24, 2.45) is 5.14 Å². The predicted molar refractivity (Wildman–Crippen MR) is 102 cm³/mol. The fourth-order valence-corrected chi connectivity index (χ4v) is 3.21. The third-order valence-corrected chi connectivity index (χ3v) is 5.03. The summed E-state index contributed by atoms with van der Waals surface area (Å²) >= 11 is 0. The molecule has 26 heavy (non-hydrogen) atoms. The van der Waals surface area contributed by atoms with Crippen molar-refractivity contribution < 1.29 is 17.9 Å². The van der Waals surface area contributed by atoms with Gasteiger partial charge >= 0.3 is 0 Å². The van der Waals surface area contributed by atoms with Crippen LogP contribution in [-0.4, -0.2) is 20.9 Å². The van der Waals surface area contributed by atoms with Gasteiger partial charge in [0.2, 0.25) is 15.9 Å². The summed E-state index contributed by atoms with van der Waals surface area (Å²) in [6, 6.07) is 10.5. The molecule has 0 aliphatic carbocycles. The Balaban J connectivity index is 2.12. The third-order valence-electron chi connectivity index (χ3n) is 4.14. The fourth-order valence-electron chi connectivity index (χ4n) is 2.59. The molecular weight excluding hydrogens is 352 g/mol. The molecule has 0 aromatic heterocycles. The van der Waals surface area contributed by atoms with E-state index in [-0.39, 0.29) is 17.2 Å². The van der Waals surface area contributed by atoms with E-state index in [9.17, 15) is 13.2 Å². The topological polar surface area (TPSA) is 98.5 Å². The minimum Gasteiger partial charge on any atom is -0.494 e. The van der Waals surface area contributed by atoms with Crippen LogP contribution in [0, 0.1) is 13.8 Å². The number of carbonyl (C=O) groups is 1. The lowest BCUT2D eigenvalue weighted by Crippen LogP contribution is -2.16. The van der Waals surface area contributed by atoms with Crippen molar-refractivity contribution in [2.75, 3.05) is 11.9 Å². The maximum Gasteiger partial charge on any atom is 0.238 e. The molecule has 2 rings (SSSR count). The maximum absolute atomic E-state index is 12.3. The van der Waals surface area contributed by atoms with Gasteiger partial charge in [0.05, 0.1) is 11.5 Å². The molecule has 6 nitrogen and oxygen atoms in total. The average Bonchev–Trinajstić information content (AvgIpc) is 2.57. The van der Waals surface area contributed by atoms with Gasteiger partial charge < -0.3 is 10.1 Å². The molecule has 2 aromatic rings. The van der Waals surface area contributed by atoms with Crippen molar-refractivity contribution in [2.45, 2.75) is 38.5 Å². The average molecular weight is 376 g/mol. The molecule has 0 atom stereocenters. The molecule has 2 aromatic carbocycles. The summed E-state index contributed by atoms with van der Waals surface area (Å²) in [7, 11) is -3.84. The van der Waals surface area contributed by atoms with Gasteiger partial charge in [-0.15, -0.1) is 0 Å². The summed E-state index contributed by atoms with van der Waals surface area (Å²) < 4.78 is 28.8. The normalized spacial score (nSPS) is 11.2. The summed E-state index contributed by atoms with van der Waals surface area (Å²) in [5.41, 5.74) is 2.96. The first-order valence-corrected chi connectivity index (χ1v) is 9.91. The van der Waals surface area contributed by atoms with Gasteiger partial charge in [0.25, 0.3) is 0 Å². The van der Waals surface area contributed by atoms with Gasteiger partial charge in [0, 0.05) is 12.1 Å². The summed E-state index contributed by atoms with van der Waals surface area (Å²) in [6.07, 6.45) is 0.775. The smallest absolute Gasteiger partial charge is 0.238 e. The SMILES string of the molecule is CCOc1ccccc1CCC(=O)Nc1cc(S(N)(=O)=O)cc(C)c1C. The Labute approximate surface area is 154 Å². The Hall–Kier alpha value is -2.38. The summed E-state index contributed by atoms with van der Waals surface area (Å²) in [4.78, 5) is 12.3. The Bertz CT molecular complexity index is 908. The van der Waals surface area contributed by atoms with Gasteiger partial charge in [-0.2, -0.15) is 0 Å². The molecule has 0 aliphatic heterocycles. The summed E-state index contributed by atoms with van der Waals surface area (Å²) in [5.74, 6) is 0.566. The van der Waals surface area contributed by atoms with Crippen molar-refractivity contribution in [3.63, 3.8) is 0 Å². The van der Waals surface area contributed by atoms with Crippen LogP contribution in [0.25, 0.3) is 0 Å². The number of amides is 1. The van der Waals surface area contributed by atoms with Crippen molar-refractivity contribution in [3.05, 3.63) is 53.1 Å². The summed E-state index contributed by atoms with van der Waals surface area (Å²) in [6.45, 7) is 6.06. The molecule has 7 heteroatoms. The van der Waals surface area contributed by atoms with Crippen LogP contribution in [0.1, 0.15) is 30.0 Å². The Morgan fingerprint density at radius 2 is 1.88 bits per heavy atom. The number of carbonyl (C=O) groups excluding carboxylic acids is 1. The molecule has 0 bridgehead atoms. The number of anilines is 1. The number of hydrogen-bond donors (Lipinski definition) is 2.